The normalized spacial score (nSPS) is 16.1. The van der Waals surface area contributed by atoms with Crippen molar-refractivity contribution in [2.45, 2.75) is 32.1 Å². The van der Waals surface area contributed by atoms with Gasteiger partial charge in [-0.05, 0) is 25.2 Å². The molecule has 0 saturated heterocycles. The minimum Gasteiger partial charge on any atom is -0.476 e. The Morgan fingerprint density at radius 1 is 1.69 bits per heavy atom. The van der Waals surface area contributed by atoms with Crippen molar-refractivity contribution in [3.8, 4) is 0 Å². The first-order chi connectivity index (χ1) is 6.22. The van der Waals surface area contributed by atoms with E-state index in [-0.39, 0.29) is 0 Å². The Hall–Kier alpha value is -0.900. The van der Waals surface area contributed by atoms with Crippen LogP contribution in [0.15, 0.2) is 0 Å². The molecule has 3 nitrogen and oxygen atoms in total. The number of carboxylic acids is 1. The zero-order valence-corrected chi connectivity index (χ0v) is 8.23. The van der Waals surface area contributed by atoms with Crippen molar-refractivity contribution in [3.05, 3.63) is 15.6 Å². The summed E-state index contributed by atoms with van der Waals surface area (Å²) in [7, 11) is 0. The molecule has 1 fully saturated rings. The molecule has 0 atom stereocenters. The zero-order chi connectivity index (χ0) is 9.42. The Labute approximate surface area is 80.4 Å². The highest BCUT2D eigenvalue weighted by Crippen LogP contribution is 2.44. The molecule has 1 aliphatic rings. The van der Waals surface area contributed by atoms with Crippen LogP contribution < -0.4 is 0 Å². The molecule has 1 saturated carbocycles. The summed E-state index contributed by atoms with van der Waals surface area (Å²) < 4.78 is 0. The van der Waals surface area contributed by atoms with E-state index < -0.39 is 5.97 Å². The summed E-state index contributed by atoms with van der Waals surface area (Å²) in [6.07, 6.45) is 3.09. The number of aromatic carboxylic acids is 1. The van der Waals surface area contributed by atoms with Gasteiger partial charge in [0.25, 0.3) is 0 Å². The molecule has 0 spiro atoms. The van der Waals surface area contributed by atoms with Gasteiger partial charge in [0.1, 0.15) is 0 Å². The second-order valence-corrected chi connectivity index (χ2v) is 4.37. The number of hydrogen-bond acceptors (Lipinski definition) is 3. The van der Waals surface area contributed by atoms with Gasteiger partial charge in [-0.25, -0.2) is 9.78 Å². The van der Waals surface area contributed by atoms with Gasteiger partial charge < -0.3 is 5.11 Å². The lowest BCUT2D eigenvalue weighted by Crippen LogP contribution is -2.00. The molecule has 13 heavy (non-hydrogen) atoms. The van der Waals surface area contributed by atoms with Crippen molar-refractivity contribution in [3.63, 3.8) is 0 Å². The average Bonchev–Trinajstić information content (AvgIpc) is 2.84. The number of carbonyl (C=O) groups is 1. The van der Waals surface area contributed by atoms with Crippen molar-refractivity contribution in [2.75, 3.05) is 0 Å². The van der Waals surface area contributed by atoms with Crippen LogP contribution in [0.25, 0.3) is 0 Å². The summed E-state index contributed by atoms with van der Waals surface area (Å²) in [5.74, 6) is -0.387. The molecule has 2 rings (SSSR count). The van der Waals surface area contributed by atoms with E-state index in [1.165, 1.54) is 0 Å². The SMILES string of the molecule is CCc1nc(C(=O)O)c(C2CC2)s1. The highest BCUT2D eigenvalue weighted by atomic mass is 32.1. The Kier molecular flexibility index (Phi) is 2.07. The van der Waals surface area contributed by atoms with Crippen LogP contribution >= 0.6 is 11.3 Å². The Morgan fingerprint density at radius 2 is 2.38 bits per heavy atom. The monoisotopic (exact) mass is 197 g/mol. The van der Waals surface area contributed by atoms with E-state index in [0.717, 1.165) is 29.1 Å². The van der Waals surface area contributed by atoms with E-state index in [4.69, 9.17) is 5.11 Å². The van der Waals surface area contributed by atoms with Gasteiger partial charge in [-0.3, -0.25) is 0 Å². The van der Waals surface area contributed by atoms with Gasteiger partial charge in [0.05, 0.1) is 5.01 Å². The third kappa shape index (κ3) is 1.58. The number of aromatic nitrogens is 1. The van der Waals surface area contributed by atoms with Crippen LogP contribution in [0.3, 0.4) is 0 Å². The molecular weight excluding hydrogens is 186 g/mol. The lowest BCUT2D eigenvalue weighted by molar-refractivity contribution is 0.0690. The first-order valence-corrected chi connectivity index (χ1v) is 5.27. The fourth-order valence-corrected chi connectivity index (χ4v) is 2.47. The van der Waals surface area contributed by atoms with Gasteiger partial charge >= 0.3 is 5.97 Å². The second-order valence-electron chi connectivity index (χ2n) is 3.25. The van der Waals surface area contributed by atoms with Crippen LogP contribution in [0, 0.1) is 0 Å². The summed E-state index contributed by atoms with van der Waals surface area (Å²) in [4.78, 5) is 15.9. The molecule has 4 heteroatoms. The summed E-state index contributed by atoms with van der Waals surface area (Å²) >= 11 is 1.57. The standard InChI is InChI=1S/C9H11NO2S/c1-2-6-10-7(9(11)12)8(13-6)5-3-4-5/h5H,2-4H2,1H3,(H,11,12). The van der Waals surface area contributed by atoms with Gasteiger partial charge in [0.15, 0.2) is 5.69 Å². The van der Waals surface area contributed by atoms with E-state index in [9.17, 15) is 4.79 Å². The molecule has 0 unspecified atom stereocenters. The zero-order valence-electron chi connectivity index (χ0n) is 7.41. The summed E-state index contributed by atoms with van der Waals surface area (Å²) in [5.41, 5.74) is 0.296. The largest absolute Gasteiger partial charge is 0.476 e. The van der Waals surface area contributed by atoms with Gasteiger partial charge in [0.2, 0.25) is 0 Å². The van der Waals surface area contributed by atoms with Crippen LogP contribution in [0.5, 0.6) is 0 Å². The number of thiazole rings is 1. The predicted molar refractivity (Wildman–Crippen MR) is 50.4 cm³/mol. The number of nitrogens with zero attached hydrogens (tertiary/aromatic N) is 1. The maximum Gasteiger partial charge on any atom is 0.355 e. The van der Waals surface area contributed by atoms with Gasteiger partial charge in [-0.2, -0.15) is 0 Å². The summed E-state index contributed by atoms with van der Waals surface area (Å²) in [6, 6.07) is 0. The van der Waals surface area contributed by atoms with Crippen molar-refractivity contribution < 1.29 is 9.90 Å². The fraction of sp³-hybridized carbons (Fsp3) is 0.556. The third-order valence-electron chi connectivity index (χ3n) is 2.15. The van der Waals surface area contributed by atoms with Crippen LogP contribution in [0.2, 0.25) is 0 Å². The molecule has 0 aliphatic heterocycles. The second kappa shape index (κ2) is 3.10. The van der Waals surface area contributed by atoms with E-state index in [1.54, 1.807) is 11.3 Å². The van der Waals surface area contributed by atoms with Crippen LogP contribution in [-0.4, -0.2) is 16.1 Å². The first kappa shape index (κ1) is 8.69. The number of rotatable bonds is 3. The minimum atomic E-state index is -0.877. The first-order valence-electron chi connectivity index (χ1n) is 4.45. The Morgan fingerprint density at radius 3 is 2.85 bits per heavy atom. The van der Waals surface area contributed by atoms with Crippen LogP contribution in [0.4, 0.5) is 0 Å². The van der Waals surface area contributed by atoms with Crippen molar-refractivity contribution in [1.29, 1.82) is 0 Å². The molecule has 1 aromatic rings. The lowest BCUT2D eigenvalue weighted by Gasteiger charge is -1.91. The summed E-state index contributed by atoms with van der Waals surface area (Å²) in [5, 5.41) is 9.84. The van der Waals surface area contributed by atoms with Gasteiger partial charge in [-0.1, -0.05) is 6.92 Å². The number of hydrogen-bond donors (Lipinski definition) is 1. The third-order valence-corrected chi connectivity index (χ3v) is 3.51. The highest BCUT2D eigenvalue weighted by molar-refractivity contribution is 7.12. The molecule has 0 radical (unpaired) electrons. The number of carboxylic acid groups (broad SMARTS) is 1. The average molecular weight is 197 g/mol. The van der Waals surface area contributed by atoms with Crippen molar-refractivity contribution in [2.24, 2.45) is 0 Å². The molecule has 1 aromatic heterocycles. The van der Waals surface area contributed by atoms with E-state index in [1.807, 2.05) is 6.92 Å². The molecule has 1 aliphatic carbocycles. The quantitative estimate of drug-likeness (QED) is 0.808. The van der Waals surface area contributed by atoms with Gasteiger partial charge in [0, 0.05) is 4.88 Å². The van der Waals surface area contributed by atoms with Crippen LogP contribution in [-0.2, 0) is 6.42 Å². The van der Waals surface area contributed by atoms with Gasteiger partial charge in [-0.15, -0.1) is 11.3 Å². The minimum absolute atomic E-state index is 0.296. The maximum atomic E-state index is 10.8. The Bertz CT molecular complexity index is 341. The molecule has 0 aromatic carbocycles. The topological polar surface area (TPSA) is 50.2 Å². The highest BCUT2D eigenvalue weighted by Gasteiger charge is 2.31. The van der Waals surface area contributed by atoms with Crippen molar-refractivity contribution >= 4 is 17.3 Å². The molecular formula is C9H11NO2S. The van der Waals surface area contributed by atoms with E-state index in [2.05, 4.69) is 4.98 Å². The predicted octanol–water partition coefficient (Wildman–Crippen LogP) is 2.28. The van der Waals surface area contributed by atoms with E-state index in [0.29, 0.717) is 11.6 Å². The molecule has 0 bridgehead atoms. The lowest BCUT2D eigenvalue weighted by atomic mass is 10.3. The molecule has 0 amide bonds. The van der Waals surface area contributed by atoms with Crippen molar-refractivity contribution in [1.82, 2.24) is 4.98 Å². The molecule has 70 valence electrons. The summed E-state index contributed by atoms with van der Waals surface area (Å²) in [6.45, 7) is 2.00. The fourth-order valence-electron chi connectivity index (χ4n) is 1.30. The van der Waals surface area contributed by atoms with Crippen LogP contribution in [0.1, 0.15) is 46.1 Å². The van der Waals surface area contributed by atoms with E-state index >= 15 is 0 Å². The molecule has 1 heterocycles. The smallest absolute Gasteiger partial charge is 0.355 e. The number of aryl methyl sites for hydroxylation is 1. The Balaban J connectivity index is 2.39. The maximum absolute atomic E-state index is 10.8. The molecule has 1 N–H and O–H groups in total.